The number of esters is 1. The summed E-state index contributed by atoms with van der Waals surface area (Å²) in [5, 5.41) is 0. The molecular formula is C28H27F2NO3. The van der Waals surface area contributed by atoms with Crippen molar-refractivity contribution >= 4 is 17.1 Å². The molecular weight excluding hydrogens is 436 g/mol. The number of nitrogens with zero attached hydrogens (tertiary/aromatic N) is 1. The minimum absolute atomic E-state index is 0.0133. The molecule has 0 N–H and O–H groups in total. The summed E-state index contributed by atoms with van der Waals surface area (Å²) in [6, 6.07) is 13.2. The maximum absolute atomic E-state index is 14.1. The molecule has 0 fully saturated rings. The van der Waals surface area contributed by atoms with Gasteiger partial charge in [0, 0.05) is 17.2 Å². The van der Waals surface area contributed by atoms with Crippen LogP contribution in [0.15, 0.2) is 48.5 Å². The number of hydrogen-bond donors (Lipinski definition) is 0. The van der Waals surface area contributed by atoms with E-state index in [0.717, 1.165) is 58.9 Å². The highest BCUT2D eigenvalue weighted by atomic mass is 19.1. The normalized spacial score (nSPS) is 13.3. The molecule has 6 heteroatoms. The van der Waals surface area contributed by atoms with Crippen LogP contribution in [0.2, 0.25) is 0 Å². The van der Waals surface area contributed by atoms with E-state index in [9.17, 15) is 13.6 Å². The summed E-state index contributed by atoms with van der Waals surface area (Å²) in [4.78, 5) is 17.0. The number of carbonyl (C=O) groups excluding carboxylic acids is 1. The number of pyridine rings is 1. The highest BCUT2D eigenvalue weighted by Gasteiger charge is 2.23. The first-order valence-electron chi connectivity index (χ1n) is 11.4. The van der Waals surface area contributed by atoms with Gasteiger partial charge in [-0.05, 0) is 87.1 Å². The van der Waals surface area contributed by atoms with E-state index < -0.39 is 17.6 Å². The van der Waals surface area contributed by atoms with Gasteiger partial charge in [0.15, 0.2) is 5.69 Å². The maximum Gasteiger partial charge on any atom is 0.357 e. The maximum atomic E-state index is 14.1. The Hall–Kier alpha value is -3.54. The molecule has 1 aliphatic carbocycles. The van der Waals surface area contributed by atoms with E-state index in [1.807, 2.05) is 38.1 Å². The zero-order valence-corrected chi connectivity index (χ0v) is 19.6. The first-order chi connectivity index (χ1) is 16.4. The molecule has 1 heterocycles. The molecule has 3 aromatic rings. The molecule has 1 aliphatic rings. The van der Waals surface area contributed by atoms with Crippen LogP contribution in [0.3, 0.4) is 0 Å². The van der Waals surface area contributed by atoms with E-state index in [1.54, 1.807) is 6.92 Å². The third-order valence-electron chi connectivity index (χ3n) is 5.95. The van der Waals surface area contributed by atoms with Crippen LogP contribution >= 0.6 is 0 Å². The van der Waals surface area contributed by atoms with Gasteiger partial charge in [0.2, 0.25) is 0 Å². The molecule has 0 radical (unpaired) electrons. The van der Waals surface area contributed by atoms with Gasteiger partial charge in [0.25, 0.3) is 0 Å². The van der Waals surface area contributed by atoms with Gasteiger partial charge in [-0.15, -0.1) is 0 Å². The smallest absolute Gasteiger partial charge is 0.357 e. The summed E-state index contributed by atoms with van der Waals surface area (Å²) in [5.74, 6) is -1.06. The summed E-state index contributed by atoms with van der Waals surface area (Å²) in [6.07, 6.45) is 2.62. The van der Waals surface area contributed by atoms with Crippen molar-refractivity contribution in [2.75, 3.05) is 6.61 Å². The largest absolute Gasteiger partial charge is 0.488 e. The van der Waals surface area contributed by atoms with E-state index >= 15 is 0 Å². The van der Waals surface area contributed by atoms with Crippen LogP contribution in [0, 0.1) is 25.5 Å². The Kier molecular flexibility index (Phi) is 7.06. The number of allylic oxidation sites excluding steroid dienone is 2. The average Bonchev–Trinajstić information content (AvgIpc) is 3.29. The zero-order valence-electron chi connectivity index (χ0n) is 19.6. The highest BCUT2D eigenvalue weighted by molar-refractivity contribution is 5.95. The number of halogens is 2. The number of ether oxygens (including phenoxy) is 2. The number of carbonyl (C=O) groups is 1. The van der Waals surface area contributed by atoms with Crippen molar-refractivity contribution in [1.82, 2.24) is 4.98 Å². The predicted molar refractivity (Wildman–Crippen MR) is 127 cm³/mol. The molecule has 0 saturated heterocycles. The molecule has 0 atom stereocenters. The van der Waals surface area contributed by atoms with Crippen LogP contribution in [-0.4, -0.2) is 17.6 Å². The Morgan fingerprint density at radius 1 is 1.00 bits per heavy atom. The van der Waals surface area contributed by atoms with Crippen molar-refractivity contribution in [3.8, 4) is 5.75 Å². The first-order valence-corrected chi connectivity index (χ1v) is 11.4. The van der Waals surface area contributed by atoms with E-state index in [1.165, 1.54) is 12.1 Å². The Labute approximate surface area is 198 Å². The first kappa shape index (κ1) is 23.6. The average molecular weight is 464 g/mol. The molecule has 4 nitrogen and oxygen atoms in total. The van der Waals surface area contributed by atoms with Crippen LogP contribution in [0.25, 0.3) is 11.1 Å². The Bertz CT molecular complexity index is 1270. The SMILES string of the molecule is CCOC(=O)c1nc(C2=C(c3cc(C)ccc3OCc3ccc(F)cc3F)CCC2)ccc1C. The summed E-state index contributed by atoms with van der Waals surface area (Å²) < 4.78 is 38.6. The molecule has 0 aliphatic heterocycles. The van der Waals surface area contributed by atoms with Crippen molar-refractivity contribution < 1.29 is 23.0 Å². The molecule has 0 amide bonds. The van der Waals surface area contributed by atoms with E-state index in [-0.39, 0.29) is 18.8 Å². The van der Waals surface area contributed by atoms with Gasteiger partial charge in [0.1, 0.15) is 24.0 Å². The molecule has 0 bridgehead atoms. The van der Waals surface area contributed by atoms with Crippen molar-refractivity contribution in [3.63, 3.8) is 0 Å². The van der Waals surface area contributed by atoms with Crippen LogP contribution in [0.5, 0.6) is 5.75 Å². The van der Waals surface area contributed by atoms with Crippen molar-refractivity contribution in [2.24, 2.45) is 0 Å². The van der Waals surface area contributed by atoms with Crippen LogP contribution in [0.4, 0.5) is 8.78 Å². The van der Waals surface area contributed by atoms with Gasteiger partial charge in [-0.1, -0.05) is 17.7 Å². The molecule has 34 heavy (non-hydrogen) atoms. The fourth-order valence-electron chi connectivity index (χ4n) is 4.23. The second-order valence-electron chi connectivity index (χ2n) is 8.42. The van der Waals surface area contributed by atoms with Crippen LogP contribution in [-0.2, 0) is 11.3 Å². The van der Waals surface area contributed by atoms with Crippen molar-refractivity contribution in [3.05, 3.63) is 93.8 Å². The molecule has 176 valence electrons. The fourth-order valence-corrected chi connectivity index (χ4v) is 4.23. The van der Waals surface area contributed by atoms with E-state index in [4.69, 9.17) is 9.47 Å². The van der Waals surface area contributed by atoms with Gasteiger partial charge in [-0.2, -0.15) is 0 Å². The third-order valence-corrected chi connectivity index (χ3v) is 5.95. The minimum Gasteiger partial charge on any atom is -0.488 e. The number of hydrogen-bond acceptors (Lipinski definition) is 4. The number of aryl methyl sites for hydroxylation is 2. The Morgan fingerprint density at radius 3 is 2.56 bits per heavy atom. The number of rotatable bonds is 7. The second-order valence-corrected chi connectivity index (χ2v) is 8.42. The van der Waals surface area contributed by atoms with Gasteiger partial charge in [-0.25, -0.2) is 18.6 Å². The second kappa shape index (κ2) is 10.2. The zero-order chi connectivity index (χ0) is 24.2. The van der Waals surface area contributed by atoms with Crippen molar-refractivity contribution in [2.45, 2.75) is 46.6 Å². The van der Waals surface area contributed by atoms with Gasteiger partial charge >= 0.3 is 5.97 Å². The number of aromatic nitrogens is 1. The fraction of sp³-hybridized carbons (Fsp3) is 0.286. The Morgan fingerprint density at radius 2 is 1.79 bits per heavy atom. The summed E-state index contributed by atoms with van der Waals surface area (Å²) in [6.45, 7) is 5.89. The molecule has 0 unspecified atom stereocenters. The van der Waals surface area contributed by atoms with Crippen LogP contribution < -0.4 is 4.74 Å². The van der Waals surface area contributed by atoms with Gasteiger partial charge < -0.3 is 9.47 Å². The monoisotopic (exact) mass is 463 g/mol. The lowest BCUT2D eigenvalue weighted by atomic mass is 9.97. The quantitative estimate of drug-likeness (QED) is 0.361. The molecule has 0 saturated carbocycles. The molecule has 2 aromatic carbocycles. The minimum atomic E-state index is -0.634. The van der Waals surface area contributed by atoms with Crippen LogP contribution in [0.1, 0.15) is 64.6 Å². The molecule has 4 rings (SSSR count). The summed E-state index contributed by atoms with van der Waals surface area (Å²) in [5.41, 5.74) is 6.28. The lowest BCUT2D eigenvalue weighted by Gasteiger charge is -2.16. The number of benzene rings is 2. The lowest BCUT2D eigenvalue weighted by molar-refractivity contribution is 0.0518. The van der Waals surface area contributed by atoms with Gasteiger partial charge in [0.05, 0.1) is 12.3 Å². The molecule has 0 spiro atoms. The summed E-state index contributed by atoms with van der Waals surface area (Å²) >= 11 is 0. The standard InChI is InChI=1S/C28H27F2NO3/c1-4-33-28(32)27-18(3)9-12-25(31-27)22-7-5-6-21(22)23-14-17(2)8-13-26(23)34-16-19-10-11-20(29)15-24(19)30/h8-15H,4-7,16H2,1-3H3. The highest BCUT2D eigenvalue weighted by Crippen LogP contribution is 2.43. The van der Waals surface area contributed by atoms with E-state index in [0.29, 0.717) is 11.4 Å². The molecule has 1 aromatic heterocycles. The third kappa shape index (κ3) is 5.01. The van der Waals surface area contributed by atoms with Crippen molar-refractivity contribution in [1.29, 1.82) is 0 Å². The summed E-state index contributed by atoms with van der Waals surface area (Å²) in [7, 11) is 0. The topological polar surface area (TPSA) is 48.4 Å². The van der Waals surface area contributed by atoms with E-state index in [2.05, 4.69) is 11.1 Å². The predicted octanol–water partition coefficient (Wildman–Crippen LogP) is 6.83. The Balaban J connectivity index is 1.71. The lowest BCUT2D eigenvalue weighted by Crippen LogP contribution is -2.10. The van der Waals surface area contributed by atoms with Gasteiger partial charge in [-0.3, -0.25) is 0 Å².